The Morgan fingerprint density at radius 1 is 0.931 bits per heavy atom. The second-order valence-electron chi connectivity index (χ2n) is 6.98. The molecule has 2 aromatic carbocycles. The molecule has 1 fully saturated rings. The predicted octanol–water partition coefficient (Wildman–Crippen LogP) is 4.06. The summed E-state index contributed by atoms with van der Waals surface area (Å²) in [5.74, 6) is 0.755. The van der Waals surface area contributed by atoms with Crippen molar-refractivity contribution < 1.29 is 0 Å². The van der Waals surface area contributed by atoms with Gasteiger partial charge >= 0.3 is 0 Å². The highest BCUT2D eigenvalue weighted by Crippen LogP contribution is 2.30. The maximum Gasteiger partial charge on any atom is 0.189 e. The van der Waals surface area contributed by atoms with E-state index in [1.165, 1.54) is 17.3 Å². The number of aromatic nitrogens is 2. The summed E-state index contributed by atoms with van der Waals surface area (Å²) >= 11 is 1.51. The summed E-state index contributed by atoms with van der Waals surface area (Å²) in [6.45, 7) is 4.54. The maximum atomic E-state index is 9.93. The van der Waals surface area contributed by atoms with E-state index >= 15 is 0 Å². The van der Waals surface area contributed by atoms with Gasteiger partial charge in [-0.2, -0.15) is 5.26 Å². The van der Waals surface area contributed by atoms with Crippen LogP contribution in [0.5, 0.6) is 0 Å². The lowest BCUT2D eigenvalue weighted by Crippen LogP contribution is -2.46. The summed E-state index contributed by atoms with van der Waals surface area (Å²) in [5, 5.41) is 10.6. The van der Waals surface area contributed by atoms with Gasteiger partial charge in [-0.15, -0.1) is 0 Å². The van der Waals surface area contributed by atoms with E-state index in [2.05, 4.69) is 45.1 Å². The highest BCUT2D eigenvalue weighted by atomic mass is 32.2. The zero-order chi connectivity index (χ0) is 20.1. The fraction of sp³-hybridized carbons (Fsp3) is 0.261. The molecule has 5 nitrogen and oxygen atoms in total. The van der Waals surface area contributed by atoms with Crippen LogP contribution in [0.4, 0.5) is 5.82 Å². The van der Waals surface area contributed by atoms with Gasteiger partial charge in [-0.3, -0.25) is 4.90 Å². The minimum absolute atomic E-state index is 0.561. The van der Waals surface area contributed by atoms with Gasteiger partial charge in [0.15, 0.2) is 11.0 Å². The van der Waals surface area contributed by atoms with Crippen LogP contribution in [-0.2, 0) is 6.54 Å². The minimum Gasteiger partial charge on any atom is -0.353 e. The Hall–Kier alpha value is -2.88. The summed E-state index contributed by atoms with van der Waals surface area (Å²) in [7, 11) is 0. The number of benzene rings is 2. The summed E-state index contributed by atoms with van der Waals surface area (Å²) in [5.41, 5.74) is 3.56. The monoisotopic (exact) mass is 401 g/mol. The van der Waals surface area contributed by atoms with Crippen molar-refractivity contribution in [1.29, 1.82) is 5.26 Å². The molecule has 6 heteroatoms. The van der Waals surface area contributed by atoms with Crippen LogP contribution in [0.25, 0.3) is 11.3 Å². The average molecular weight is 402 g/mol. The van der Waals surface area contributed by atoms with Crippen molar-refractivity contribution in [2.75, 3.05) is 37.3 Å². The van der Waals surface area contributed by atoms with Crippen molar-refractivity contribution in [3.8, 4) is 17.3 Å². The lowest BCUT2D eigenvalue weighted by molar-refractivity contribution is 0.249. The second kappa shape index (κ2) is 9.08. The Morgan fingerprint density at radius 3 is 2.21 bits per heavy atom. The van der Waals surface area contributed by atoms with E-state index < -0.39 is 0 Å². The number of piperazine rings is 1. The van der Waals surface area contributed by atoms with Gasteiger partial charge in [-0.1, -0.05) is 72.4 Å². The first-order valence-corrected chi connectivity index (χ1v) is 10.9. The third-order valence-electron chi connectivity index (χ3n) is 5.13. The Bertz CT molecular complexity index is 993. The first-order valence-electron chi connectivity index (χ1n) is 9.71. The van der Waals surface area contributed by atoms with E-state index in [1.54, 1.807) is 0 Å². The number of rotatable bonds is 5. The van der Waals surface area contributed by atoms with E-state index in [9.17, 15) is 5.26 Å². The molecule has 3 aromatic rings. The van der Waals surface area contributed by atoms with Gasteiger partial charge in [0.1, 0.15) is 11.6 Å². The average Bonchev–Trinajstić information content (AvgIpc) is 2.80. The Morgan fingerprint density at radius 2 is 1.59 bits per heavy atom. The summed E-state index contributed by atoms with van der Waals surface area (Å²) in [6.07, 6.45) is 1.97. The molecule has 1 aliphatic rings. The fourth-order valence-electron chi connectivity index (χ4n) is 3.62. The van der Waals surface area contributed by atoms with Gasteiger partial charge in [0.2, 0.25) is 0 Å². The maximum absolute atomic E-state index is 9.93. The van der Waals surface area contributed by atoms with E-state index in [0.717, 1.165) is 44.1 Å². The predicted molar refractivity (Wildman–Crippen MR) is 118 cm³/mol. The normalized spacial score (nSPS) is 14.6. The summed E-state index contributed by atoms with van der Waals surface area (Å²) in [6, 6.07) is 22.8. The van der Waals surface area contributed by atoms with E-state index in [1.807, 2.05) is 42.7 Å². The van der Waals surface area contributed by atoms with Crippen LogP contribution in [0, 0.1) is 11.3 Å². The smallest absolute Gasteiger partial charge is 0.189 e. The third-order valence-corrected chi connectivity index (χ3v) is 5.68. The van der Waals surface area contributed by atoms with Crippen molar-refractivity contribution in [2.45, 2.75) is 11.7 Å². The van der Waals surface area contributed by atoms with E-state index in [-0.39, 0.29) is 0 Å². The summed E-state index contributed by atoms with van der Waals surface area (Å²) < 4.78 is 0. The lowest BCUT2D eigenvalue weighted by atomic mass is 10.1. The Balaban J connectivity index is 1.58. The number of hydrogen-bond acceptors (Lipinski definition) is 6. The second-order valence-corrected chi connectivity index (χ2v) is 7.76. The van der Waals surface area contributed by atoms with Crippen molar-refractivity contribution in [3.63, 3.8) is 0 Å². The molecular formula is C23H23N5S. The third kappa shape index (κ3) is 4.42. The van der Waals surface area contributed by atoms with Gasteiger partial charge in [0.25, 0.3) is 0 Å². The standard InChI is InChI=1S/C23H23N5S/c1-29-23-25-21(19-10-6-3-7-11-19)20(16-24)22(26-23)28-14-12-27(13-15-28)17-18-8-4-2-5-9-18/h2-11H,12-15,17H2,1H3. The molecule has 2 heterocycles. The molecule has 0 bridgehead atoms. The quantitative estimate of drug-likeness (QED) is 0.475. The first-order chi connectivity index (χ1) is 14.3. The molecule has 1 aliphatic heterocycles. The van der Waals surface area contributed by atoms with Gasteiger partial charge in [-0.05, 0) is 11.8 Å². The Labute approximate surface area is 176 Å². The number of nitriles is 1. The van der Waals surface area contributed by atoms with Crippen molar-refractivity contribution in [3.05, 3.63) is 71.8 Å². The van der Waals surface area contributed by atoms with Crippen LogP contribution in [0.15, 0.2) is 65.8 Å². The molecule has 0 spiro atoms. The zero-order valence-electron chi connectivity index (χ0n) is 16.5. The molecule has 1 aromatic heterocycles. The van der Waals surface area contributed by atoms with Crippen molar-refractivity contribution >= 4 is 17.6 Å². The largest absolute Gasteiger partial charge is 0.353 e. The van der Waals surface area contributed by atoms with Crippen LogP contribution in [0.3, 0.4) is 0 Å². The number of hydrogen-bond donors (Lipinski definition) is 0. The van der Waals surface area contributed by atoms with Crippen LogP contribution in [0.2, 0.25) is 0 Å². The van der Waals surface area contributed by atoms with Crippen LogP contribution >= 0.6 is 11.8 Å². The van der Waals surface area contributed by atoms with E-state index in [0.29, 0.717) is 16.4 Å². The topological polar surface area (TPSA) is 56.1 Å². The molecular weight excluding hydrogens is 378 g/mol. The lowest BCUT2D eigenvalue weighted by Gasteiger charge is -2.36. The van der Waals surface area contributed by atoms with Gasteiger partial charge in [-0.25, -0.2) is 9.97 Å². The fourth-order valence-corrected chi connectivity index (χ4v) is 3.98. The molecule has 0 radical (unpaired) electrons. The van der Waals surface area contributed by atoms with Crippen LogP contribution < -0.4 is 4.90 Å². The van der Waals surface area contributed by atoms with Crippen molar-refractivity contribution in [2.24, 2.45) is 0 Å². The molecule has 0 saturated carbocycles. The summed E-state index contributed by atoms with van der Waals surface area (Å²) in [4.78, 5) is 14.0. The number of thioether (sulfide) groups is 1. The highest BCUT2D eigenvalue weighted by Gasteiger charge is 2.24. The molecule has 0 aliphatic carbocycles. The van der Waals surface area contributed by atoms with E-state index in [4.69, 9.17) is 4.98 Å². The number of anilines is 1. The van der Waals surface area contributed by atoms with Crippen molar-refractivity contribution in [1.82, 2.24) is 14.9 Å². The minimum atomic E-state index is 0.561. The molecule has 0 unspecified atom stereocenters. The van der Waals surface area contributed by atoms with Gasteiger partial charge < -0.3 is 4.90 Å². The van der Waals surface area contributed by atoms with Crippen LogP contribution in [0.1, 0.15) is 11.1 Å². The SMILES string of the molecule is CSc1nc(-c2ccccc2)c(C#N)c(N2CCN(Cc3ccccc3)CC2)n1. The molecule has 29 heavy (non-hydrogen) atoms. The highest BCUT2D eigenvalue weighted by molar-refractivity contribution is 7.98. The molecule has 4 rings (SSSR count). The molecule has 0 amide bonds. The Kier molecular flexibility index (Phi) is 6.09. The molecule has 146 valence electrons. The molecule has 1 saturated heterocycles. The number of nitrogens with zero attached hydrogens (tertiary/aromatic N) is 5. The van der Waals surface area contributed by atoms with Gasteiger partial charge in [0, 0.05) is 38.3 Å². The van der Waals surface area contributed by atoms with Gasteiger partial charge in [0.05, 0.1) is 5.69 Å². The van der Waals surface area contributed by atoms with Crippen LogP contribution in [-0.4, -0.2) is 47.3 Å². The molecule has 0 atom stereocenters. The first kappa shape index (κ1) is 19.4. The molecule has 0 N–H and O–H groups in total. The zero-order valence-corrected chi connectivity index (χ0v) is 17.3.